The third-order valence-electron chi connectivity index (χ3n) is 3.61. The number of anilines is 1. The molecule has 0 fully saturated rings. The first kappa shape index (κ1) is 22.3. The summed E-state index contributed by atoms with van der Waals surface area (Å²) in [6.07, 6.45) is 3.27. The molecule has 1 rings (SSSR count). The highest BCUT2D eigenvalue weighted by Gasteiger charge is 1.97. The van der Waals surface area contributed by atoms with Gasteiger partial charge in [-0.15, -0.1) is 0 Å². The number of ether oxygens (including phenoxy) is 2. The van der Waals surface area contributed by atoms with Crippen LogP contribution >= 0.6 is 0 Å². The summed E-state index contributed by atoms with van der Waals surface area (Å²) in [4.78, 5) is 4.59. The predicted molar refractivity (Wildman–Crippen MR) is 110 cm³/mol. The van der Waals surface area contributed by atoms with Crippen molar-refractivity contribution in [3.8, 4) is 0 Å². The van der Waals surface area contributed by atoms with Crippen molar-refractivity contribution in [2.75, 3.05) is 57.9 Å². The molecule has 0 saturated heterocycles. The molecule has 1 aromatic carbocycles. The second kappa shape index (κ2) is 16.7. The minimum atomic E-state index is 0.643. The number of nitrogens with zero attached hydrogens (tertiary/aromatic N) is 1. The molecule has 0 aliphatic rings. The van der Waals surface area contributed by atoms with E-state index in [-0.39, 0.29) is 0 Å². The van der Waals surface area contributed by atoms with Gasteiger partial charge in [0.05, 0.1) is 19.8 Å². The molecule has 0 aliphatic carbocycles. The van der Waals surface area contributed by atoms with Gasteiger partial charge in [-0.25, -0.2) is 0 Å². The number of guanidine groups is 1. The highest BCUT2D eigenvalue weighted by Crippen LogP contribution is 2.04. The van der Waals surface area contributed by atoms with Gasteiger partial charge in [-0.05, 0) is 31.9 Å². The summed E-state index contributed by atoms with van der Waals surface area (Å²) in [5.41, 5.74) is 1.15. The van der Waals surface area contributed by atoms with E-state index in [4.69, 9.17) is 9.47 Å². The molecule has 0 bridgehead atoms. The molecular formula is C20H36N4O2. The fourth-order valence-electron chi connectivity index (χ4n) is 2.21. The smallest absolute Gasteiger partial charge is 0.191 e. The van der Waals surface area contributed by atoms with Crippen LogP contribution < -0.4 is 16.0 Å². The Bertz CT molecular complexity index is 454. The van der Waals surface area contributed by atoms with Crippen molar-refractivity contribution >= 4 is 11.6 Å². The fraction of sp³-hybridized carbons (Fsp3) is 0.650. The quantitative estimate of drug-likeness (QED) is 0.254. The molecule has 3 N–H and O–H groups in total. The largest absolute Gasteiger partial charge is 0.385 e. The van der Waals surface area contributed by atoms with Gasteiger partial charge < -0.3 is 25.4 Å². The number of hydrogen-bond donors (Lipinski definition) is 3. The predicted octanol–water partition coefficient (Wildman–Crippen LogP) is 2.88. The van der Waals surface area contributed by atoms with Crippen LogP contribution in [0, 0.1) is 0 Å². The molecule has 0 spiro atoms. The molecule has 0 radical (unpaired) electrons. The van der Waals surface area contributed by atoms with Gasteiger partial charge >= 0.3 is 0 Å². The van der Waals surface area contributed by atoms with Crippen LogP contribution in [0.25, 0.3) is 0 Å². The van der Waals surface area contributed by atoms with Crippen LogP contribution in [0.1, 0.15) is 33.1 Å². The zero-order valence-corrected chi connectivity index (χ0v) is 16.4. The molecule has 0 unspecified atom stereocenters. The van der Waals surface area contributed by atoms with Crippen LogP contribution in [0.3, 0.4) is 0 Å². The van der Waals surface area contributed by atoms with Gasteiger partial charge in [-0.1, -0.05) is 31.5 Å². The Hall–Kier alpha value is -1.79. The minimum absolute atomic E-state index is 0.643. The molecule has 1 aromatic rings. The summed E-state index contributed by atoms with van der Waals surface area (Å²) in [6, 6.07) is 10.2. The lowest BCUT2D eigenvalue weighted by atomic mass is 10.3. The van der Waals surface area contributed by atoms with Crippen molar-refractivity contribution < 1.29 is 9.47 Å². The number of rotatable bonds is 15. The maximum absolute atomic E-state index is 5.55. The number of benzene rings is 1. The van der Waals surface area contributed by atoms with Crippen molar-refractivity contribution in [1.82, 2.24) is 10.6 Å². The highest BCUT2D eigenvalue weighted by molar-refractivity contribution is 5.79. The third-order valence-corrected chi connectivity index (χ3v) is 3.61. The zero-order valence-electron chi connectivity index (χ0n) is 16.4. The molecule has 148 valence electrons. The lowest BCUT2D eigenvalue weighted by Gasteiger charge is -2.12. The maximum Gasteiger partial charge on any atom is 0.191 e. The van der Waals surface area contributed by atoms with Crippen LogP contribution in [-0.2, 0) is 9.47 Å². The van der Waals surface area contributed by atoms with Gasteiger partial charge in [0.15, 0.2) is 5.96 Å². The van der Waals surface area contributed by atoms with E-state index >= 15 is 0 Å². The van der Waals surface area contributed by atoms with E-state index in [1.807, 2.05) is 18.2 Å². The number of para-hydroxylation sites is 1. The SMILES string of the molecule is CCCCOCCOCCNC(=NCCCNc1ccccc1)NCC. The van der Waals surface area contributed by atoms with Gasteiger partial charge in [0, 0.05) is 38.5 Å². The summed E-state index contributed by atoms with van der Waals surface area (Å²) < 4.78 is 11.0. The molecule has 0 aromatic heterocycles. The van der Waals surface area contributed by atoms with Crippen LogP contribution in [0.5, 0.6) is 0 Å². The van der Waals surface area contributed by atoms with E-state index in [1.54, 1.807) is 0 Å². The normalized spacial score (nSPS) is 11.4. The van der Waals surface area contributed by atoms with Crippen LogP contribution in [-0.4, -0.2) is 58.6 Å². The van der Waals surface area contributed by atoms with Crippen molar-refractivity contribution in [3.63, 3.8) is 0 Å². The van der Waals surface area contributed by atoms with Crippen molar-refractivity contribution in [3.05, 3.63) is 30.3 Å². The topological polar surface area (TPSA) is 66.9 Å². The minimum Gasteiger partial charge on any atom is -0.385 e. The van der Waals surface area contributed by atoms with Gasteiger partial charge in [0.2, 0.25) is 0 Å². The molecule has 0 aliphatic heterocycles. The number of aliphatic imine (C=N–C) groups is 1. The number of hydrogen-bond acceptors (Lipinski definition) is 4. The number of unbranched alkanes of at least 4 members (excludes halogenated alkanes) is 1. The Kier molecular flexibility index (Phi) is 14.3. The molecular weight excluding hydrogens is 328 g/mol. The molecule has 6 heteroatoms. The van der Waals surface area contributed by atoms with Gasteiger partial charge in [-0.2, -0.15) is 0 Å². The molecule has 26 heavy (non-hydrogen) atoms. The van der Waals surface area contributed by atoms with Gasteiger partial charge in [-0.3, -0.25) is 4.99 Å². The van der Waals surface area contributed by atoms with E-state index in [1.165, 1.54) is 6.42 Å². The fourth-order valence-corrected chi connectivity index (χ4v) is 2.21. The zero-order chi connectivity index (χ0) is 18.7. The van der Waals surface area contributed by atoms with Crippen LogP contribution in [0.15, 0.2) is 35.3 Å². The average Bonchev–Trinajstić information content (AvgIpc) is 2.67. The average molecular weight is 365 g/mol. The summed E-state index contributed by atoms with van der Waals surface area (Å²) in [7, 11) is 0. The van der Waals surface area contributed by atoms with E-state index in [0.29, 0.717) is 19.8 Å². The molecule has 0 amide bonds. The summed E-state index contributed by atoms with van der Waals surface area (Å²) in [5, 5.41) is 9.94. The Labute approximate surface area is 158 Å². The molecule has 0 heterocycles. The Morgan fingerprint density at radius 2 is 1.65 bits per heavy atom. The van der Waals surface area contributed by atoms with Crippen molar-refractivity contribution in [2.45, 2.75) is 33.1 Å². The van der Waals surface area contributed by atoms with E-state index in [2.05, 4.69) is 46.9 Å². The van der Waals surface area contributed by atoms with Gasteiger partial charge in [0.25, 0.3) is 0 Å². The highest BCUT2D eigenvalue weighted by atomic mass is 16.5. The second-order valence-corrected chi connectivity index (χ2v) is 5.91. The Morgan fingerprint density at radius 1 is 0.885 bits per heavy atom. The van der Waals surface area contributed by atoms with E-state index < -0.39 is 0 Å². The molecule has 0 atom stereocenters. The third kappa shape index (κ3) is 12.6. The first-order valence-corrected chi connectivity index (χ1v) is 9.83. The standard InChI is InChI=1S/C20H36N4O2/c1-3-5-15-25-17-18-26-16-14-24-20(21-4-2)23-13-9-12-22-19-10-7-6-8-11-19/h6-8,10-11,22H,3-5,9,12-18H2,1-2H3,(H2,21,23,24). The van der Waals surface area contributed by atoms with Gasteiger partial charge in [0.1, 0.15) is 0 Å². The van der Waals surface area contributed by atoms with Crippen molar-refractivity contribution in [2.24, 2.45) is 4.99 Å². The first-order chi connectivity index (χ1) is 12.9. The van der Waals surface area contributed by atoms with Crippen LogP contribution in [0.4, 0.5) is 5.69 Å². The number of nitrogens with one attached hydrogen (secondary N) is 3. The summed E-state index contributed by atoms with van der Waals surface area (Å²) >= 11 is 0. The van der Waals surface area contributed by atoms with Crippen molar-refractivity contribution in [1.29, 1.82) is 0 Å². The monoisotopic (exact) mass is 364 g/mol. The Balaban J connectivity index is 2.05. The lowest BCUT2D eigenvalue weighted by Crippen LogP contribution is -2.39. The van der Waals surface area contributed by atoms with Crippen LogP contribution in [0.2, 0.25) is 0 Å². The maximum atomic E-state index is 5.55. The van der Waals surface area contributed by atoms with E-state index in [0.717, 1.165) is 57.3 Å². The second-order valence-electron chi connectivity index (χ2n) is 5.91. The Morgan fingerprint density at radius 3 is 2.38 bits per heavy atom. The molecule has 0 saturated carbocycles. The van der Waals surface area contributed by atoms with E-state index in [9.17, 15) is 0 Å². The summed E-state index contributed by atoms with van der Waals surface area (Å²) in [5.74, 6) is 0.843. The first-order valence-electron chi connectivity index (χ1n) is 9.83. The lowest BCUT2D eigenvalue weighted by molar-refractivity contribution is 0.0487. The molecule has 6 nitrogen and oxygen atoms in total. The summed E-state index contributed by atoms with van der Waals surface area (Å²) in [6.45, 7) is 10.3.